The van der Waals surface area contributed by atoms with Crippen LogP contribution in [0.4, 0.5) is 11.5 Å². The van der Waals surface area contributed by atoms with Crippen molar-refractivity contribution >= 4 is 39.2 Å². The number of ether oxygens (including phenoxy) is 1. The highest BCUT2D eigenvalue weighted by molar-refractivity contribution is 9.10. The molecule has 1 N–H and O–H groups in total. The molecule has 1 atom stereocenters. The highest BCUT2D eigenvalue weighted by Gasteiger charge is 2.27. The third-order valence-corrected chi connectivity index (χ3v) is 5.46. The monoisotopic (exact) mass is 430 g/mol. The predicted molar refractivity (Wildman–Crippen MR) is 103 cm³/mol. The molecule has 6 nitrogen and oxygen atoms in total. The summed E-state index contributed by atoms with van der Waals surface area (Å²) in [5, 5.41) is 11.6. The Labute approximate surface area is 163 Å². The molecular weight excluding hydrogens is 416 g/mol. The number of anilines is 2. The quantitative estimate of drug-likeness (QED) is 0.628. The van der Waals surface area contributed by atoms with Crippen molar-refractivity contribution in [3.63, 3.8) is 0 Å². The molecule has 8 heteroatoms. The molecule has 0 aliphatic carbocycles. The van der Waals surface area contributed by atoms with Gasteiger partial charge < -0.3 is 9.84 Å². The zero-order valence-electron chi connectivity index (χ0n) is 13.8. The van der Waals surface area contributed by atoms with Crippen LogP contribution >= 0.6 is 27.7 Å². The van der Waals surface area contributed by atoms with E-state index in [4.69, 9.17) is 4.74 Å². The number of nitrogens with zero attached hydrogens (tertiary/aromatic N) is 4. The number of pyridine rings is 1. The molecule has 3 heterocycles. The zero-order valence-corrected chi connectivity index (χ0v) is 16.2. The number of hydrogen-bond donors (Lipinski definition) is 1. The Morgan fingerprint density at radius 3 is 2.88 bits per heavy atom. The molecule has 1 aliphatic rings. The molecule has 0 saturated heterocycles. The van der Waals surface area contributed by atoms with Gasteiger partial charge in [0.25, 0.3) is 0 Å². The highest BCUT2D eigenvalue weighted by atomic mass is 79.9. The molecule has 0 bridgehead atoms. The number of methoxy groups -OCH3 is 1. The van der Waals surface area contributed by atoms with Gasteiger partial charge in [-0.05, 0) is 45.8 Å². The maximum Gasteiger partial charge on any atom is 0.168 e. The van der Waals surface area contributed by atoms with Crippen LogP contribution in [0.3, 0.4) is 0 Å². The summed E-state index contributed by atoms with van der Waals surface area (Å²) in [4.78, 5) is 16.2. The number of aromatic nitrogens is 3. The van der Waals surface area contributed by atoms with E-state index in [0.29, 0.717) is 17.0 Å². The van der Waals surface area contributed by atoms with Gasteiger partial charge in [-0.2, -0.15) is 0 Å². The summed E-state index contributed by atoms with van der Waals surface area (Å²) in [5.41, 5.74) is 2.26. The summed E-state index contributed by atoms with van der Waals surface area (Å²) in [6, 6.07) is 11.3. The van der Waals surface area contributed by atoms with Crippen LogP contribution in [-0.4, -0.2) is 33.9 Å². The number of aliphatic hydroxyl groups is 1. The average Bonchev–Trinajstić information content (AvgIpc) is 2.67. The molecule has 0 amide bonds. The summed E-state index contributed by atoms with van der Waals surface area (Å²) < 4.78 is 6.05. The van der Waals surface area contributed by atoms with Crippen LogP contribution in [-0.2, 0) is 4.74 Å². The standard InChI is InChI=1S/C18H15BrN4O2S/c1-25-10-23-13-9-11(16(24)12-3-2-4-15(19)22-12)5-6-14(13)26-18-17(23)20-7-8-21-18/h2-9,16,24H,10H2,1H3. The Hall–Kier alpha value is -2.00. The number of aliphatic hydroxyl groups excluding tert-OH is 1. The second kappa shape index (κ2) is 7.32. The largest absolute Gasteiger partial charge is 0.382 e. The Bertz CT molecular complexity index is 956. The number of fused-ring (bicyclic) bond motifs is 2. The summed E-state index contributed by atoms with van der Waals surface area (Å²) in [6.07, 6.45) is 2.52. The maximum absolute atomic E-state index is 10.8. The van der Waals surface area contributed by atoms with E-state index in [2.05, 4.69) is 30.9 Å². The molecule has 0 fully saturated rings. The van der Waals surface area contributed by atoms with Crippen LogP contribution in [0.1, 0.15) is 17.4 Å². The van der Waals surface area contributed by atoms with Crippen molar-refractivity contribution in [1.29, 1.82) is 0 Å². The number of hydrogen-bond acceptors (Lipinski definition) is 7. The van der Waals surface area contributed by atoms with E-state index in [1.54, 1.807) is 37.3 Å². The summed E-state index contributed by atoms with van der Waals surface area (Å²) in [5.74, 6) is 0.749. The van der Waals surface area contributed by atoms with Gasteiger partial charge in [0, 0.05) is 24.4 Å². The second-order valence-corrected chi connectivity index (χ2v) is 7.49. The summed E-state index contributed by atoms with van der Waals surface area (Å²) in [6.45, 7) is 0.341. The Morgan fingerprint density at radius 2 is 2.08 bits per heavy atom. The molecule has 1 aromatic carbocycles. The van der Waals surface area contributed by atoms with Crippen molar-refractivity contribution in [3.8, 4) is 0 Å². The first-order chi connectivity index (χ1) is 12.7. The molecule has 0 saturated carbocycles. The third-order valence-electron chi connectivity index (χ3n) is 3.97. The molecule has 1 unspecified atom stereocenters. The fourth-order valence-corrected chi connectivity index (χ4v) is 4.15. The second-order valence-electron chi connectivity index (χ2n) is 5.65. The third kappa shape index (κ3) is 3.21. The van der Waals surface area contributed by atoms with E-state index in [0.717, 1.165) is 27.0 Å². The van der Waals surface area contributed by atoms with Gasteiger partial charge in [0.15, 0.2) is 5.82 Å². The van der Waals surface area contributed by atoms with Crippen molar-refractivity contribution in [3.05, 3.63) is 64.7 Å². The first kappa shape index (κ1) is 17.4. The Balaban J connectivity index is 1.75. The molecule has 2 aromatic heterocycles. The van der Waals surface area contributed by atoms with E-state index in [1.165, 1.54) is 0 Å². The first-order valence-corrected chi connectivity index (χ1v) is 9.48. The minimum Gasteiger partial charge on any atom is -0.382 e. The van der Waals surface area contributed by atoms with Gasteiger partial charge in [0.05, 0.1) is 11.4 Å². The normalized spacial score (nSPS) is 13.9. The fourth-order valence-electron chi connectivity index (χ4n) is 2.80. The predicted octanol–water partition coefficient (Wildman–Crippen LogP) is 3.92. The lowest BCUT2D eigenvalue weighted by Crippen LogP contribution is -2.24. The topological polar surface area (TPSA) is 71.4 Å². The molecule has 132 valence electrons. The van der Waals surface area contributed by atoms with Crippen LogP contribution in [0.2, 0.25) is 0 Å². The lowest BCUT2D eigenvalue weighted by atomic mass is 10.0. The number of halogens is 1. The van der Waals surface area contributed by atoms with Crippen molar-refractivity contribution in [2.24, 2.45) is 0 Å². The molecule has 1 aliphatic heterocycles. The van der Waals surface area contributed by atoms with Crippen LogP contribution in [0.15, 0.2) is 63.3 Å². The Kier molecular flexibility index (Phi) is 4.90. The van der Waals surface area contributed by atoms with Gasteiger partial charge in [-0.3, -0.25) is 4.90 Å². The van der Waals surface area contributed by atoms with Crippen molar-refractivity contribution < 1.29 is 9.84 Å². The van der Waals surface area contributed by atoms with Crippen LogP contribution in [0.25, 0.3) is 0 Å². The summed E-state index contributed by atoms with van der Waals surface area (Å²) >= 11 is 4.90. The molecule has 4 rings (SSSR count). The molecular formula is C18H15BrN4O2S. The Morgan fingerprint density at radius 1 is 1.23 bits per heavy atom. The highest BCUT2D eigenvalue weighted by Crippen LogP contribution is 2.46. The lowest BCUT2D eigenvalue weighted by Gasteiger charge is -2.30. The molecule has 26 heavy (non-hydrogen) atoms. The van der Waals surface area contributed by atoms with E-state index < -0.39 is 6.10 Å². The lowest BCUT2D eigenvalue weighted by molar-refractivity contribution is 0.204. The van der Waals surface area contributed by atoms with Gasteiger partial charge in [0.1, 0.15) is 22.5 Å². The zero-order chi connectivity index (χ0) is 18.1. The average molecular weight is 431 g/mol. The molecule has 0 radical (unpaired) electrons. The molecule has 3 aromatic rings. The van der Waals surface area contributed by atoms with E-state index in [-0.39, 0.29) is 0 Å². The van der Waals surface area contributed by atoms with Gasteiger partial charge >= 0.3 is 0 Å². The minimum atomic E-state index is -0.824. The number of rotatable bonds is 4. The summed E-state index contributed by atoms with van der Waals surface area (Å²) in [7, 11) is 1.64. The van der Waals surface area contributed by atoms with E-state index in [1.807, 2.05) is 35.2 Å². The van der Waals surface area contributed by atoms with Crippen molar-refractivity contribution in [2.45, 2.75) is 16.0 Å². The fraction of sp³-hybridized carbons (Fsp3) is 0.167. The smallest absolute Gasteiger partial charge is 0.168 e. The van der Waals surface area contributed by atoms with E-state index in [9.17, 15) is 5.11 Å². The first-order valence-electron chi connectivity index (χ1n) is 7.87. The van der Waals surface area contributed by atoms with E-state index >= 15 is 0 Å². The van der Waals surface area contributed by atoms with Gasteiger partial charge in [0.2, 0.25) is 0 Å². The van der Waals surface area contributed by atoms with Crippen molar-refractivity contribution in [2.75, 3.05) is 18.7 Å². The SMILES string of the molecule is COCN1c2cc(C(O)c3cccc(Br)n3)ccc2Sc2nccnc21. The van der Waals surface area contributed by atoms with Gasteiger partial charge in [-0.15, -0.1) is 0 Å². The van der Waals surface area contributed by atoms with Gasteiger partial charge in [-0.1, -0.05) is 23.9 Å². The minimum absolute atomic E-state index is 0.341. The van der Waals surface area contributed by atoms with Crippen LogP contribution in [0, 0.1) is 0 Å². The van der Waals surface area contributed by atoms with Crippen molar-refractivity contribution in [1.82, 2.24) is 15.0 Å². The van der Waals surface area contributed by atoms with Gasteiger partial charge in [-0.25, -0.2) is 15.0 Å². The maximum atomic E-state index is 10.8. The van der Waals surface area contributed by atoms with Crippen LogP contribution in [0.5, 0.6) is 0 Å². The van der Waals surface area contributed by atoms with Crippen LogP contribution < -0.4 is 4.90 Å². The molecule has 0 spiro atoms. The number of benzene rings is 1.